The van der Waals surface area contributed by atoms with Gasteiger partial charge in [0, 0.05) is 0 Å². The molecule has 0 aromatic rings. The summed E-state index contributed by atoms with van der Waals surface area (Å²) in [6.07, 6.45) is 5.54. The van der Waals surface area contributed by atoms with Gasteiger partial charge in [-0.3, -0.25) is 4.79 Å². The number of hydrogen-bond donors (Lipinski definition) is 0. The van der Waals surface area contributed by atoms with Crippen molar-refractivity contribution in [2.45, 2.75) is 44.6 Å². The van der Waals surface area contributed by atoms with Crippen LogP contribution in [0, 0.1) is 0 Å². The van der Waals surface area contributed by atoms with Crippen LogP contribution in [0.3, 0.4) is 0 Å². The standard InChI is InChI=1S/C9H15ClO2/c1-9(12-8(11)7-10)5-3-2-4-6-9/h2-7H2,1H3. The van der Waals surface area contributed by atoms with E-state index in [1.807, 2.05) is 6.92 Å². The molecule has 1 saturated carbocycles. The smallest absolute Gasteiger partial charge is 0.321 e. The fraction of sp³-hybridized carbons (Fsp3) is 0.889. The van der Waals surface area contributed by atoms with E-state index in [-0.39, 0.29) is 17.5 Å². The molecule has 0 saturated heterocycles. The SMILES string of the molecule is CC1(OC(=O)CCl)CCCCC1. The summed E-state index contributed by atoms with van der Waals surface area (Å²) >= 11 is 5.36. The molecule has 0 spiro atoms. The van der Waals surface area contributed by atoms with E-state index in [0.717, 1.165) is 25.7 Å². The molecule has 0 aromatic carbocycles. The predicted molar refractivity (Wildman–Crippen MR) is 48.3 cm³/mol. The van der Waals surface area contributed by atoms with Crippen LogP contribution in [-0.4, -0.2) is 17.5 Å². The van der Waals surface area contributed by atoms with Gasteiger partial charge in [0.25, 0.3) is 0 Å². The zero-order valence-corrected chi connectivity index (χ0v) is 8.19. The van der Waals surface area contributed by atoms with E-state index >= 15 is 0 Å². The highest BCUT2D eigenvalue weighted by molar-refractivity contribution is 6.26. The molecule has 0 N–H and O–H groups in total. The largest absolute Gasteiger partial charge is 0.458 e. The van der Waals surface area contributed by atoms with Crippen molar-refractivity contribution in [3.63, 3.8) is 0 Å². The summed E-state index contributed by atoms with van der Waals surface area (Å²) < 4.78 is 5.26. The minimum Gasteiger partial charge on any atom is -0.458 e. The summed E-state index contributed by atoms with van der Waals surface area (Å²) in [6.45, 7) is 2.00. The van der Waals surface area contributed by atoms with Crippen LogP contribution in [0.2, 0.25) is 0 Å². The van der Waals surface area contributed by atoms with Crippen molar-refractivity contribution in [2.75, 3.05) is 5.88 Å². The van der Waals surface area contributed by atoms with Gasteiger partial charge >= 0.3 is 5.97 Å². The molecule has 0 atom stereocenters. The fourth-order valence-electron chi connectivity index (χ4n) is 1.70. The van der Waals surface area contributed by atoms with Crippen molar-refractivity contribution in [1.29, 1.82) is 0 Å². The molecule has 0 amide bonds. The molecule has 1 rings (SSSR count). The van der Waals surface area contributed by atoms with Crippen molar-refractivity contribution < 1.29 is 9.53 Å². The predicted octanol–water partition coefficient (Wildman–Crippen LogP) is 2.49. The van der Waals surface area contributed by atoms with Crippen molar-refractivity contribution in [1.82, 2.24) is 0 Å². The van der Waals surface area contributed by atoms with Gasteiger partial charge in [0.05, 0.1) is 0 Å². The van der Waals surface area contributed by atoms with Gasteiger partial charge in [-0.15, -0.1) is 11.6 Å². The molecule has 12 heavy (non-hydrogen) atoms. The van der Waals surface area contributed by atoms with Crippen LogP contribution in [0.1, 0.15) is 39.0 Å². The molecule has 0 radical (unpaired) electrons. The van der Waals surface area contributed by atoms with E-state index in [9.17, 15) is 4.79 Å². The first-order chi connectivity index (χ1) is 5.66. The third-order valence-electron chi connectivity index (χ3n) is 2.38. The van der Waals surface area contributed by atoms with Crippen LogP contribution in [0.25, 0.3) is 0 Å². The summed E-state index contributed by atoms with van der Waals surface area (Å²) in [4.78, 5) is 10.9. The van der Waals surface area contributed by atoms with Crippen LogP contribution in [0.15, 0.2) is 0 Å². The molecule has 0 aliphatic heterocycles. The molecular formula is C9H15ClO2. The Balaban J connectivity index is 2.41. The summed E-state index contributed by atoms with van der Waals surface area (Å²) in [6, 6.07) is 0. The van der Waals surface area contributed by atoms with Crippen LogP contribution in [0.5, 0.6) is 0 Å². The topological polar surface area (TPSA) is 26.3 Å². The molecule has 0 aromatic heterocycles. The maximum absolute atomic E-state index is 10.9. The Hall–Kier alpha value is -0.240. The molecule has 0 unspecified atom stereocenters. The first kappa shape index (κ1) is 9.85. The van der Waals surface area contributed by atoms with Crippen LogP contribution < -0.4 is 0 Å². The first-order valence-electron chi connectivity index (χ1n) is 4.44. The molecule has 0 bridgehead atoms. The van der Waals surface area contributed by atoms with E-state index in [2.05, 4.69) is 0 Å². The lowest BCUT2D eigenvalue weighted by molar-refractivity contribution is -0.157. The number of halogens is 1. The van der Waals surface area contributed by atoms with E-state index < -0.39 is 0 Å². The first-order valence-corrected chi connectivity index (χ1v) is 4.97. The molecule has 0 heterocycles. The third kappa shape index (κ3) is 2.67. The number of carbonyl (C=O) groups is 1. The number of esters is 1. The molecule has 1 aliphatic rings. The highest BCUT2D eigenvalue weighted by Crippen LogP contribution is 2.31. The normalized spacial score (nSPS) is 21.8. The van der Waals surface area contributed by atoms with Gasteiger partial charge in [0.1, 0.15) is 11.5 Å². The van der Waals surface area contributed by atoms with Crippen molar-refractivity contribution in [3.05, 3.63) is 0 Å². The number of rotatable bonds is 2. The Morgan fingerprint density at radius 1 is 1.42 bits per heavy atom. The Labute approximate surface area is 78.2 Å². The van der Waals surface area contributed by atoms with E-state index in [1.165, 1.54) is 6.42 Å². The number of hydrogen-bond acceptors (Lipinski definition) is 2. The average Bonchev–Trinajstić information content (AvgIpc) is 2.05. The molecule has 70 valence electrons. The quantitative estimate of drug-likeness (QED) is 0.494. The zero-order chi connectivity index (χ0) is 9.03. The van der Waals surface area contributed by atoms with Gasteiger partial charge in [-0.2, -0.15) is 0 Å². The second-order valence-corrected chi connectivity index (χ2v) is 3.89. The van der Waals surface area contributed by atoms with Crippen molar-refractivity contribution >= 4 is 17.6 Å². The maximum Gasteiger partial charge on any atom is 0.321 e. The molecule has 1 fully saturated rings. The van der Waals surface area contributed by atoms with Gasteiger partial charge in [-0.1, -0.05) is 6.42 Å². The van der Waals surface area contributed by atoms with E-state index in [1.54, 1.807) is 0 Å². The van der Waals surface area contributed by atoms with E-state index in [4.69, 9.17) is 16.3 Å². The second-order valence-electron chi connectivity index (χ2n) is 3.62. The van der Waals surface area contributed by atoms with Gasteiger partial charge < -0.3 is 4.74 Å². The van der Waals surface area contributed by atoms with Crippen LogP contribution >= 0.6 is 11.6 Å². The number of carbonyl (C=O) groups excluding carboxylic acids is 1. The van der Waals surface area contributed by atoms with Gasteiger partial charge in [0.15, 0.2) is 0 Å². The zero-order valence-electron chi connectivity index (χ0n) is 7.44. The Morgan fingerprint density at radius 2 is 2.00 bits per heavy atom. The summed E-state index contributed by atoms with van der Waals surface area (Å²) in [5.74, 6) is -0.323. The minimum absolute atomic E-state index is 0.0322. The fourth-order valence-corrected chi connectivity index (χ4v) is 1.76. The summed E-state index contributed by atoms with van der Waals surface area (Å²) in [7, 11) is 0. The lowest BCUT2D eigenvalue weighted by Gasteiger charge is -2.32. The lowest BCUT2D eigenvalue weighted by Crippen LogP contribution is -2.34. The maximum atomic E-state index is 10.9. The Morgan fingerprint density at radius 3 is 2.50 bits per heavy atom. The molecule has 1 aliphatic carbocycles. The van der Waals surface area contributed by atoms with Gasteiger partial charge in [-0.05, 0) is 32.6 Å². The average molecular weight is 191 g/mol. The monoisotopic (exact) mass is 190 g/mol. The number of ether oxygens (including phenoxy) is 1. The van der Waals surface area contributed by atoms with Crippen molar-refractivity contribution in [3.8, 4) is 0 Å². The van der Waals surface area contributed by atoms with Crippen LogP contribution in [0.4, 0.5) is 0 Å². The van der Waals surface area contributed by atoms with E-state index in [0.29, 0.717) is 0 Å². The Bertz CT molecular complexity index is 162. The van der Waals surface area contributed by atoms with Crippen molar-refractivity contribution in [2.24, 2.45) is 0 Å². The minimum atomic E-state index is -0.291. The molecular weight excluding hydrogens is 176 g/mol. The van der Waals surface area contributed by atoms with Gasteiger partial charge in [0.2, 0.25) is 0 Å². The number of alkyl halides is 1. The van der Waals surface area contributed by atoms with Crippen LogP contribution in [-0.2, 0) is 9.53 Å². The second kappa shape index (κ2) is 4.13. The highest BCUT2D eigenvalue weighted by Gasteiger charge is 2.30. The Kier molecular flexibility index (Phi) is 3.39. The summed E-state index contributed by atoms with van der Waals surface area (Å²) in [5.41, 5.74) is -0.232. The lowest BCUT2D eigenvalue weighted by atomic mass is 9.86. The van der Waals surface area contributed by atoms with Gasteiger partial charge in [-0.25, -0.2) is 0 Å². The molecule has 2 nitrogen and oxygen atoms in total. The highest BCUT2D eigenvalue weighted by atomic mass is 35.5. The third-order valence-corrected chi connectivity index (χ3v) is 2.60. The summed E-state index contributed by atoms with van der Waals surface area (Å²) in [5, 5.41) is 0. The molecule has 3 heteroatoms.